The maximum atomic E-state index is 14.1. The lowest BCUT2D eigenvalue weighted by Crippen LogP contribution is -2.32. The number of ether oxygens (including phenoxy) is 1. The molecule has 1 amide bonds. The molecule has 1 heterocycles. The monoisotopic (exact) mass is 389 g/mol. The first-order valence-corrected chi connectivity index (χ1v) is 8.70. The van der Waals surface area contributed by atoms with Crippen LogP contribution in [0.1, 0.15) is 10.4 Å². The Morgan fingerprint density at radius 1 is 1.29 bits per heavy atom. The number of anilines is 2. The number of hydrogen-bond acceptors (Lipinski definition) is 7. The van der Waals surface area contributed by atoms with Crippen LogP contribution in [-0.4, -0.2) is 49.5 Å². The summed E-state index contributed by atoms with van der Waals surface area (Å²) in [6.45, 7) is 0.373. The van der Waals surface area contributed by atoms with Crippen molar-refractivity contribution in [2.45, 2.75) is 6.10 Å². The van der Waals surface area contributed by atoms with Crippen molar-refractivity contribution in [1.29, 1.82) is 0 Å². The fraction of sp³-hybridized carbons (Fsp3) is 0.263. The molecule has 28 heavy (non-hydrogen) atoms. The zero-order valence-electron chi connectivity index (χ0n) is 14.9. The van der Waals surface area contributed by atoms with E-state index in [-0.39, 0.29) is 31.9 Å². The van der Waals surface area contributed by atoms with Crippen molar-refractivity contribution in [3.05, 3.63) is 59.9 Å². The Bertz CT molecular complexity index is 834. The van der Waals surface area contributed by atoms with Crippen LogP contribution in [0.25, 0.3) is 0 Å². The van der Waals surface area contributed by atoms with E-state index >= 15 is 0 Å². The Morgan fingerprint density at radius 3 is 2.79 bits per heavy atom. The molecule has 0 aliphatic carbocycles. The molecule has 1 saturated heterocycles. The van der Waals surface area contributed by atoms with Crippen LogP contribution in [0.15, 0.2) is 48.5 Å². The van der Waals surface area contributed by atoms with Crippen molar-refractivity contribution in [1.82, 2.24) is 5.48 Å². The summed E-state index contributed by atoms with van der Waals surface area (Å²) in [7, 11) is 0. The van der Waals surface area contributed by atoms with Gasteiger partial charge in [0, 0.05) is 6.54 Å². The molecule has 0 unspecified atom stereocenters. The lowest BCUT2D eigenvalue weighted by molar-refractivity contribution is 0.0169. The van der Waals surface area contributed by atoms with Crippen molar-refractivity contribution in [3.8, 4) is 0 Å². The molecule has 0 saturated carbocycles. The lowest BCUT2D eigenvalue weighted by Gasteiger charge is -2.15. The molecule has 148 valence electrons. The predicted molar refractivity (Wildman–Crippen MR) is 99.5 cm³/mol. The van der Waals surface area contributed by atoms with E-state index in [4.69, 9.17) is 14.7 Å². The molecule has 3 N–H and O–H groups in total. The summed E-state index contributed by atoms with van der Waals surface area (Å²) in [5, 5.41) is 11.5. The highest BCUT2D eigenvalue weighted by Crippen LogP contribution is 2.25. The smallest absolute Gasteiger partial charge is 0.414 e. The van der Waals surface area contributed by atoms with Gasteiger partial charge in [-0.15, -0.1) is 5.48 Å². The van der Waals surface area contributed by atoms with Gasteiger partial charge < -0.3 is 20.0 Å². The van der Waals surface area contributed by atoms with E-state index in [1.54, 1.807) is 36.4 Å². The third-order valence-electron chi connectivity index (χ3n) is 4.05. The number of benzene rings is 2. The van der Waals surface area contributed by atoms with Gasteiger partial charge in [0.1, 0.15) is 11.9 Å². The van der Waals surface area contributed by atoms with Gasteiger partial charge in [-0.3, -0.25) is 4.90 Å². The number of halogens is 1. The molecule has 2 aromatic rings. The van der Waals surface area contributed by atoms with Crippen molar-refractivity contribution in [3.63, 3.8) is 0 Å². The van der Waals surface area contributed by atoms with Gasteiger partial charge in [-0.05, 0) is 30.3 Å². The first-order valence-electron chi connectivity index (χ1n) is 8.70. The highest BCUT2D eigenvalue weighted by molar-refractivity contribution is 5.90. The van der Waals surface area contributed by atoms with Gasteiger partial charge in [0.15, 0.2) is 0 Å². The summed E-state index contributed by atoms with van der Waals surface area (Å²) in [6, 6.07) is 12.7. The summed E-state index contributed by atoms with van der Waals surface area (Å²) in [6.07, 6.45) is -1.18. The van der Waals surface area contributed by atoms with Crippen LogP contribution in [0, 0.1) is 5.82 Å². The van der Waals surface area contributed by atoms with Crippen molar-refractivity contribution in [2.75, 3.05) is 36.5 Å². The molecule has 1 fully saturated rings. The molecule has 2 aromatic carbocycles. The highest BCUT2D eigenvalue weighted by Gasteiger charge is 2.32. The summed E-state index contributed by atoms with van der Waals surface area (Å²) in [5.41, 5.74) is 3.48. The molecule has 0 spiro atoms. The third kappa shape index (κ3) is 4.76. The van der Waals surface area contributed by atoms with E-state index in [1.807, 2.05) is 0 Å². The fourth-order valence-corrected chi connectivity index (χ4v) is 2.68. The van der Waals surface area contributed by atoms with E-state index in [2.05, 4.69) is 10.8 Å². The molecule has 1 atom stereocenters. The molecule has 1 aliphatic heterocycles. The Kier molecular flexibility index (Phi) is 6.41. The van der Waals surface area contributed by atoms with Crippen LogP contribution in [0.4, 0.5) is 20.6 Å². The number of carbonyl (C=O) groups excluding carboxylic acids is 2. The van der Waals surface area contributed by atoms with Crippen LogP contribution in [0.3, 0.4) is 0 Å². The van der Waals surface area contributed by atoms with Gasteiger partial charge in [-0.25, -0.2) is 14.0 Å². The first-order chi connectivity index (χ1) is 13.6. The molecule has 0 aromatic heterocycles. The van der Waals surface area contributed by atoms with E-state index in [1.165, 1.54) is 17.0 Å². The second-order valence-corrected chi connectivity index (χ2v) is 6.03. The van der Waals surface area contributed by atoms with Gasteiger partial charge in [0.05, 0.1) is 36.6 Å². The Balaban J connectivity index is 1.52. The van der Waals surface area contributed by atoms with E-state index < -0.39 is 24.0 Å². The number of hydroxylamine groups is 1. The second-order valence-electron chi connectivity index (χ2n) is 6.03. The SMILES string of the molecule is O=C(ONC[C@H]1CN(c2ccc(NCCO)c(F)c2)C(=O)O1)c1ccccc1. The van der Waals surface area contributed by atoms with Gasteiger partial charge in [-0.1, -0.05) is 18.2 Å². The quantitative estimate of drug-likeness (QED) is 0.593. The lowest BCUT2D eigenvalue weighted by atomic mass is 10.2. The summed E-state index contributed by atoms with van der Waals surface area (Å²) in [4.78, 5) is 30.2. The molecule has 3 rings (SSSR count). The summed E-state index contributed by atoms with van der Waals surface area (Å²) >= 11 is 0. The zero-order chi connectivity index (χ0) is 19.9. The number of rotatable bonds is 8. The number of amides is 1. The average Bonchev–Trinajstić information content (AvgIpc) is 3.08. The topological polar surface area (TPSA) is 100 Å². The largest absolute Gasteiger partial charge is 0.442 e. The van der Waals surface area contributed by atoms with E-state index in [9.17, 15) is 14.0 Å². The van der Waals surface area contributed by atoms with Gasteiger partial charge in [0.25, 0.3) is 0 Å². The molecule has 0 bridgehead atoms. The number of aliphatic hydroxyl groups excluding tert-OH is 1. The standard InChI is InChI=1S/C19H20FN3O5/c20-16-10-14(6-7-17(16)21-8-9-24)23-12-15(27-19(23)26)11-22-28-18(25)13-4-2-1-3-5-13/h1-7,10,15,21-22,24H,8-9,11-12H2/t15-/m0/s1. The maximum Gasteiger partial charge on any atom is 0.414 e. The first kappa shape index (κ1) is 19.6. The molecule has 9 heteroatoms. The Hall–Kier alpha value is -3.17. The minimum Gasteiger partial charge on any atom is -0.442 e. The minimum absolute atomic E-state index is 0.0967. The Morgan fingerprint density at radius 2 is 2.07 bits per heavy atom. The fourth-order valence-electron chi connectivity index (χ4n) is 2.68. The highest BCUT2D eigenvalue weighted by atomic mass is 19.1. The number of carbonyl (C=O) groups is 2. The number of nitrogens with one attached hydrogen (secondary N) is 2. The molecule has 8 nitrogen and oxygen atoms in total. The second kappa shape index (κ2) is 9.16. The molecule has 0 radical (unpaired) electrons. The van der Waals surface area contributed by atoms with Crippen LogP contribution in [0.2, 0.25) is 0 Å². The number of hydrogen-bond donors (Lipinski definition) is 3. The number of nitrogens with zero attached hydrogens (tertiary/aromatic N) is 1. The van der Waals surface area contributed by atoms with Crippen LogP contribution < -0.4 is 15.7 Å². The van der Waals surface area contributed by atoms with Crippen LogP contribution >= 0.6 is 0 Å². The molecular weight excluding hydrogens is 369 g/mol. The van der Waals surface area contributed by atoms with Crippen molar-refractivity contribution < 1.29 is 28.7 Å². The normalized spacial score (nSPS) is 16.0. The molecule has 1 aliphatic rings. The Labute approximate surface area is 160 Å². The molecular formula is C19H20FN3O5. The maximum absolute atomic E-state index is 14.1. The number of cyclic esters (lactones) is 1. The predicted octanol–water partition coefficient (Wildman–Crippen LogP) is 1.92. The van der Waals surface area contributed by atoms with Crippen LogP contribution in [-0.2, 0) is 9.57 Å². The average molecular weight is 389 g/mol. The van der Waals surface area contributed by atoms with Crippen LogP contribution in [0.5, 0.6) is 0 Å². The zero-order valence-corrected chi connectivity index (χ0v) is 14.9. The van der Waals surface area contributed by atoms with E-state index in [0.29, 0.717) is 11.3 Å². The van der Waals surface area contributed by atoms with E-state index in [0.717, 1.165) is 0 Å². The van der Waals surface area contributed by atoms with Crippen molar-refractivity contribution in [2.24, 2.45) is 0 Å². The van der Waals surface area contributed by atoms with Crippen molar-refractivity contribution >= 4 is 23.4 Å². The van der Waals surface area contributed by atoms with Gasteiger partial charge >= 0.3 is 12.1 Å². The number of aliphatic hydroxyl groups is 1. The third-order valence-corrected chi connectivity index (χ3v) is 4.05. The summed E-state index contributed by atoms with van der Waals surface area (Å²) < 4.78 is 19.3. The summed E-state index contributed by atoms with van der Waals surface area (Å²) in [5.74, 6) is -1.09. The van der Waals surface area contributed by atoms with Gasteiger partial charge in [-0.2, -0.15) is 0 Å². The minimum atomic E-state index is -0.614. The van der Waals surface area contributed by atoms with Gasteiger partial charge in [0.2, 0.25) is 0 Å².